The van der Waals surface area contributed by atoms with Crippen LogP contribution in [-0.2, 0) is 11.2 Å². The van der Waals surface area contributed by atoms with Crippen LogP contribution in [0.4, 0.5) is 0 Å². The summed E-state index contributed by atoms with van der Waals surface area (Å²) in [4.78, 5) is 11.6. The summed E-state index contributed by atoms with van der Waals surface area (Å²) in [5.74, 6) is -0.0622. The zero-order chi connectivity index (χ0) is 12.0. The molecule has 0 saturated heterocycles. The van der Waals surface area contributed by atoms with E-state index < -0.39 is 0 Å². The third kappa shape index (κ3) is 5.09. The molecule has 0 fully saturated rings. The second-order valence-electron chi connectivity index (χ2n) is 3.37. The topological polar surface area (TPSA) is 55.1 Å². The van der Waals surface area contributed by atoms with Crippen LogP contribution in [0.15, 0.2) is 24.3 Å². The molecule has 5 heteroatoms. The van der Waals surface area contributed by atoms with E-state index in [0.717, 1.165) is 5.56 Å². The fourth-order valence-electron chi connectivity index (χ4n) is 1.22. The summed E-state index contributed by atoms with van der Waals surface area (Å²) in [6.45, 7) is 0.254. The van der Waals surface area contributed by atoms with Gasteiger partial charge in [0.25, 0.3) is 0 Å². The maximum Gasteiger partial charge on any atom is 0.220 e. The molecule has 1 aromatic carbocycles. The van der Waals surface area contributed by atoms with Crippen molar-refractivity contribution < 1.29 is 4.79 Å². The SMILES string of the molecule is NC(=S)CNC(=O)CCc1cccc(Cl)c1. The highest BCUT2D eigenvalue weighted by Gasteiger charge is 2.02. The van der Waals surface area contributed by atoms with Crippen molar-refractivity contribution in [2.24, 2.45) is 5.73 Å². The number of thiocarbonyl (C=S) groups is 1. The Kier molecular flexibility index (Phi) is 5.22. The van der Waals surface area contributed by atoms with Crippen LogP contribution in [0.3, 0.4) is 0 Å². The van der Waals surface area contributed by atoms with E-state index in [1.165, 1.54) is 0 Å². The van der Waals surface area contributed by atoms with E-state index in [2.05, 4.69) is 17.5 Å². The van der Waals surface area contributed by atoms with Crippen LogP contribution in [0.5, 0.6) is 0 Å². The number of aryl methyl sites for hydroxylation is 1. The summed E-state index contributed by atoms with van der Waals surface area (Å²) in [6.07, 6.45) is 1.06. The van der Waals surface area contributed by atoms with Gasteiger partial charge in [0.1, 0.15) is 0 Å². The summed E-state index contributed by atoms with van der Waals surface area (Å²) in [5, 5.41) is 3.31. The lowest BCUT2D eigenvalue weighted by atomic mass is 10.1. The lowest BCUT2D eigenvalue weighted by Gasteiger charge is -2.04. The number of carbonyl (C=O) groups excluding carboxylic acids is 1. The molecule has 0 bridgehead atoms. The molecule has 86 valence electrons. The van der Waals surface area contributed by atoms with Crippen LogP contribution in [0.2, 0.25) is 5.02 Å². The van der Waals surface area contributed by atoms with Gasteiger partial charge < -0.3 is 11.1 Å². The molecule has 3 nitrogen and oxygen atoms in total. The predicted molar refractivity (Wildman–Crippen MR) is 69.6 cm³/mol. The molecule has 0 aromatic heterocycles. The van der Waals surface area contributed by atoms with Crippen molar-refractivity contribution in [3.05, 3.63) is 34.9 Å². The Morgan fingerprint density at radius 3 is 2.88 bits per heavy atom. The molecule has 0 radical (unpaired) electrons. The Morgan fingerprint density at radius 2 is 2.25 bits per heavy atom. The average molecular weight is 257 g/mol. The molecule has 0 atom stereocenters. The minimum Gasteiger partial charge on any atom is -0.392 e. The molecular weight excluding hydrogens is 244 g/mol. The van der Waals surface area contributed by atoms with Crippen LogP contribution in [0.25, 0.3) is 0 Å². The molecule has 3 N–H and O–H groups in total. The molecule has 0 heterocycles. The van der Waals surface area contributed by atoms with E-state index in [4.69, 9.17) is 17.3 Å². The Labute approximate surface area is 105 Å². The molecule has 0 aliphatic heterocycles. The summed E-state index contributed by atoms with van der Waals surface area (Å²) < 4.78 is 0. The predicted octanol–water partition coefficient (Wildman–Crippen LogP) is 1.67. The van der Waals surface area contributed by atoms with Crippen molar-refractivity contribution in [3.63, 3.8) is 0 Å². The van der Waals surface area contributed by atoms with Crippen molar-refractivity contribution >= 4 is 34.7 Å². The zero-order valence-electron chi connectivity index (χ0n) is 8.70. The van der Waals surface area contributed by atoms with Crippen LogP contribution in [0, 0.1) is 0 Å². The van der Waals surface area contributed by atoms with Gasteiger partial charge in [-0.2, -0.15) is 0 Å². The molecule has 0 spiro atoms. The number of benzene rings is 1. The summed E-state index contributed by atoms with van der Waals surface area (Å²) >= 11 is 10.5. The molecule has 16 heavy (non-hydrogen) atoms. The van der Waals surface area contributed by atoms with E-state index in [1.54, 1.807) is 6.07 Å². The minimum atomic E-state index is -0.0622. The van der Waals surface area contributed by atoms with Gasteiger partial charge in [-0.1, -0.05) is 36.0 Å². The highest BCUT2D eigenvalue weighted by molar-refractivity contribution is 7.80. The lowest BCUT2D eigenvalue weighted by Crippen LogP contribution is -2.32. The van der Waals surface area contributed by atoms with Gasteiger partial charge in [0.05, 0.1) is 11.5 Å². The van der Waals surface area contributed by atoms with Crippen LogP contribution >= 0.6 is 23.8 Å². The van der Waals surface area contributed by atoms with Gasteiger partial charge in [0.2, 0.25) is 5.91 Å². The smallest absolute Gasteiger partial charge is 0.220 e. The van der Waals surface area contributed by atoms with Crippen molar-refractivity contribution in [1.29, 1.82) is 0 Å². The molecule has 1 amide bonds. The van der Waals surface area contributed by atoms with Gasteiger partial charge in [0, 0.05) is 11.4 Å². The van der Waals surface area contributed by atoms with E-state index in [-0.39, 0.29) is 17.4 Å². The minimum absolute atomic E-state index is 0.0622. The molecule has 0 unspecified atom stereocenters. The summed E-state index contributed by atoms with van der Waals surface area (Å²) in [6, 6.07) is 7.46. The first kappa shape index (κ1) is 12.9. The molecule has 1 rings (SSSR count). The largest absolute Gasteiger partial charge is 0.392 e. The molecule has 1 aromatic rings. The fraction of sp³-hybridized carbons (Fsp3) is 0.273. The second-order valence-corrected chi connectivity index (χ2v) is 4.33. The van der Waals surface area contributed by atoms with Gasteiger partial charge in [-0.05, 0) is 24.1 Å². The van der Waals surface area contributed by atoms with Crippen molar-refractivity contribution in [1.82, 2.24) is 5.32 Å². The first-order valence-electron chi connectivity index (χ1n) is 4.87. The number of nitrogens with one attached hydrogen (secondary N) is 1. The van der Waals surface area contributed by atoms with E-state index in [9.17, 15) is 4.79 Å². The van der Waals surface area contributed by atoms with Crippen LogP contribution in [-0.4, -0.2) is 17.4 Å². The lowest BCUT2D eigenvalue weighted by molar-refractivity contribution is -0.120. The van der Waals surface area contributed by atoms with Crippen molar-refractivity contribution in [2.45, 2.75) is 12.8 Å². The van der Waals surface area contributed by atoms with Crippen molar-refractivity contribution in [3.8, 4) is 0 Å². The third-order valence-electron chi connectivity index (χ3n) is 1.99. The summed E-state index contributed by atoms with van der Waals surface area (Å²) in [7, 11) is 0. The van der Waals surface area contributed by atoms with Gasteiger partial charge in [-0.15, -0.1) is 0 Å². The highest BCUT2D eigenvalue weighted by Crippen LogP contribution is 2.11. The number of carbonyl (C=O) groups is 1. The molecule has 0 saturated carbocycles. The summed E-state index contributed by atoms with van der Waals surface area (Å²) in [5.41, 5.74) is 6.31. The zero-order valence-corrected chi connectivity index (χ0v) is 10.3. The molecular formula is C11H13ClN2OS. The quantitative estimate of drug-likeness (QED) is 0.788. The normalized spacial score (nSPS) is 9.81. The third-order valence-corrected chi connectivity index (χ3v) is 2.37. The van der Waals surface area contributed by atoms with E-state index in [1.807, 2.05) is 18.2 Å². The first-order valence-corrected chi connectivity index (χ1v) is 5.66. The number of nitrogens with two attached hydrogens (primary N) is 1. The number of rotatable bonds is 5. The van der Waals surface area contributed by atoms with Crippen LogP contribution in [0.1, 0.15) is 12.0 Å². The Morgan fingerprint density at radius 1 is 1.50 bits per heavy atom. The maximum absolute atomic E-state index is 11.3. The standard InChI is InChI=1S/C11H13ClN2OS/c12-9-3-1-2-8(6-9)4-5-11(15)14-7-10(13)16/h1-3,6H,4-5,7H2,(H2,13,16)(H,14,15). The number of amides is 1. The van der Waals surface area contributed by atoms with E-state index >= 15 is 0 Å². The fourth-order valence-corrected chi connectivity index (χ4v) is 1.51. The first-order chi connectivity index (χ1) is 7.58. The average Bonchev–Trinajstić information content (AvgIpc) is 2.23. The van der Waals surface area contributed by atoms with Gasteiger partial charge in [0.15, 0.2) is 0 Å². The Balaban J connectivity index is 2.34. The number of hydrogen-bond donors (Lipinski definition) is 2. The number of halogens is 1. The monoisotopic (exact) mass is 256 g/mol. The Bertz CT molecular complexity index is 395. The van der Waals surface area contributed by atoms with E-state index in [0.29, 0.717) is 17.9 Å². The van der Waals surface area contributed by atoms with Crippen molar-refractivity contribution in [2.75, 3.05) is 6.54 Å². The molecule has 0 aliphatic carbocycles. The van der Waals surface area contributed by atoms with Gasteiger partial charge in [-0.3, -0.25) is 4.79 Å². The van der Waals surface area contributed by atoms with Crippen LogP contribution < -0.4 is 11.1 Å². The number of hydrogen-bond acceptors (Lipinski definition) is 2. The Hall–Kier alpha value is -1.13. The highest BCUT2D eigenvalue weighted by atomic mass is 35.5. The maximum atomic E-state index is 11.3. The second kappa shape index (κ2) is 6.45. The van der Waals surface area contributed by atoms with Gasteiger partial charge in [-0.25, -0.2) is 0 Å². The molecule has 0 aliphatic rings. The van der Waals surface area contributed by atoms with Gasteiger partial charge >= 0.3 is 0 Å².